The number of benzene rings is 1. The molecule has 0 unspecified atom stereocenters. The van der Waals surface area contributed by atoms with Gasteiger partial charge in [-0.25, -0.2) is 4.79 Å². The van der Waals surface area contributed by atoms with E-state index in [1.54, 1.807) is 13.2 Å². The zero-order chi connectivity index (χ0) is 19.7. The van der Waals surface area contributed by atoms with Crippen molar-refractivity contribution in [3.05, 3.63) is 29.8 Å². The predicted octanol–water partition coefficient (Wildman–Crippen LogP) is 3.49. The van der Waals surface area contributed by atoms with E-state index in [9.17, 15) is 9.59 Å². The third-order valence-electron chi connectivity index (χ3n) is 4.77. The zero-order valence-electron chi connectivity index (χ0n) is 16.4. The maximum Gasteiger partial charge on any atom is 0.331 e. The summed E-state index contributed by atoms with van der Waals surface area (Å²) in [7, 11) is 2.93. The molecule has 0 radical (unpaired) electrons. The Hall–Kier alpha value is -2.50. The molecule has 0 heterocycles. The summed E-state index contributed by atoms with van der Waals surface area (Å²) in [6.07, 6.45) is 8.17. The second kappa shape index (κ2) is 10.00. The van der Waals surface area contributed by atoms with Crippen molar-refractivity contribution >= 4 is 18.0 Å². The fourth-order valence-electron chi connectivity index (χ4n) is 3.24. The number of unbranched alkanes of at least 4 members (excludes halogenated alkanes) is 1. The Balaban J connectivity index is 2.03. The molecular formula is C21H29NO5. The first-order valence-corrected chi connectivity index (χ1v) is 9.44. The average Bonchev–Trinajstić information content (AvgIpc) is 3.16. The van der Waals surface area contributed by atoms with Crippen LogP contribution in [0.25, 0.3) is 6.08 Å². The summed E-state index contributed by atoms with van der Waals surface area (Å²) in [6, 6.07) is 5.51. The molecule has 0 aliphatic heterocycles. The minimum absolute atomic E-state index is 0.315. The molecule has 0 spiro atoms. The van der Waals surface area contributed by atoms with Crippen LogP contribution >= 0.6 is 0 Å². The summed E-state index contributed by atoms with van der Waals surface area (Å²) in [5.41, 5.74) is -0.0893. The van der Waals surface area contributed by atoms with Crippen LogP contribution in [0.4, 0.5) is 0 Å². The van der Waals surface area contributed by atoms with E-state index < -0.39 is 5.54 Å². The minimum Gasteiger partial charge on any atom is -0.493 e. The lowest BCUT2D eigenvalue weighted by Gasteiger charge is -2.26. The van der Waals surface area contributed by atoms with E-state index >= 15 is 0 Å². The van der Waals surface area contributed by atoms with Crippen molar-refractivity contribution in [1.29, 1.82) is 0 Å². The van der Waals surface area contributed by atoms with Gasteiger partial charge >= 0.3 is 5.97 Å². The standard InChI is InChI=1S/C21H29NO5/c1-4-5-14-27-17-10-8-16(15-18(17)25-2)9-11-19(23)22-21(20(24)26-3)12-6-7-13-21/h8-11,15H,4-7,12-14H2,1-3H3,(H,22,23)/b11-9+. The number of amides is 1. The first-order chi connectivity index (χ1) is 13.0. The maximum atomic E-state index is 12.3. The molecule has 27 heavy (non-hydrogen) atoms. The van der Waals surface area contributed by atoms with Crippen LogP contribution in [-0.2, 0) is 14.3 Å². The predicted molar refractivity (Wildman–Crippen MR) is 104 cm³/mol. The van der Waals surface area contributed by atoms with Gasteiger partial charge in [0.1, 0.15) is 5.54 Å². The van der Waals surface area contributed by atoms with Crippen molar-refractivity contribution in [2.75, 3.05) is 20.8 Å². The van der Waals surface area contributed by atoms with Crippen molar-refractivity contribution in [3.63, 3.8) is 0 Å². The Kier molecular flexibility index (Phi) is 7.70. The third kappa shape index (κ3) is 5.49. The van der Waals surface area contributed by atoms with E-state index in [-0.39, 0.29) is 11.9 Å². The van der Waals surface area contributed by atoms with Gasteiger partial charge in [-0.05, 0) is 43.0 Å². The lowest BCUT2D eigenvalue weighted by molar-refractivity contribution is -0.150. The molecule has 1 fully saturated rings. The Bertz CT molecular complexity index is 677. The first-order valence-electron chi connectivity index (χ1n) is 9.44. The molecule has 1 aliphatic carbocycles. The topological polar surface area (TPSA) is 73.9 Å². The van der Waals surface area contributed by atoms with E-state index in [0.29, 0.717) is 30.9 Å². The Labute approximate surface area is 160 Å². The monoisotopic (exact) mass is 375 g/mol. The summed E-state index contributed by atoms with van der Waals surface area (Å²) >= 11 is 0. The number of methoxy groups -OCH3 is 2. The van der Waals surface area contributed by atoms with Gasteiger partial charge in [-0.3, -0.25) is 4.79 Å². The number of ether oxygens (including phenoxy) is 3. The highest BCUT2D eigenvalue weighted by molar-refractivity contribution is 5.96. The fraction of sp³-hybridized carbons (Fsp3) is 0.524. The second-order valence-corrected chi connectivity index (χ2v) is 6.72. The average molecular weight is 375 g/mol. The summed E-state index contributed by atoms with van der Waals surface area (Å²) in [5.74, 6) is 0.611. The van der Waals surface area contributed by atoms with Crippen LogP contribution in [0.5, 0.6) is 11.5 Å². The lowest BCUT2D eigenvalue weighted by atomic mass is 9.97. The van der Waals surface area contributed by atoms with Crippen molar-refractivity contribution < 1.29 is 23.8 Å². The van der Waals surface area contributed by atoms with Gasteiger partial charge in [0.15, 0.2) is 11.5 Å². The van der Waals surface area contributed by atoms with Crippen LogP contribution < -0.4 is 14.8 Å². The van der Waals surface area contributed by atoms with Crippen LogP contribution in [0.1, 0.15) is 51.0 Å². The Morgan fingerprint density at radius 2 is 1.93 bits per heavy atom. The number of nitrogens with one attached hydrogen (secondary N) is 1. The molecule has 1 aromatic carbocycles. The Morgan fingerprint density at radius 3 is 2.56 bits per heavy atom. The van der Waals surface area contributed by atoms with Crippen LogP contribution in [-0.4, -0.2) is 38.2 Å². The highest BCUT2D eigenvalue weighted by Crippen LogP contribution is 2.31. The summed E-state index contributed by atoms with van der Waals surface area (Å²) in [6.45, 7) is 2.75. The van der Waals surface area contributed by atoms with E-state index in [2.05, 4.69) is 12.2 Å². The number of hydrogen-bond acceptors (Lipinski definition) is 5. The first kappa shape index (κ1) is 20.8. The molecule has 2 rings (SSSR count). The van der Waals surface area contributed by atoms with Crippen LogP contribution in [0, 0.1) is 0 Å². The second-order valence-electron chi connectivity index (χ2n) is 6.72. The summed E-state index contributed by atoms with van der Waals surface area (Å²) < 4.78 is 16.0. The van der Waals surface area contributed by atoms with Crippen molar-refractivity contribution in [2.45, 2.75) is 51.0 Å². The van der Waals surface area contributed by atoms with Crippen molar-refractivity contribution in [1.82, 2.24) is 5.32 Å². The van der Waals surface area contributed by atoms with Crippen LogP contribution in [0.2, 0.25) is 0 Å². The van der Waals surface area contributed by atoms with E-state index in [0.717, 1.165) is 31.2 Å². The van der Waals surface area contributed by atoms with Gasteiger partial charge in [-0.1, -0.05) is 32.3 Å². The SMILES string of the molecule is CCCCOc1ccc(/C=C/C(=O)NC2(C(=O)OC)CCCC2)cc1OC. The number of carbonyl (C=O) groups excluding carboxylic acids is 2. The van der Waals surface area contributed by atoms with Gasteiger partial charge in [-0.2, -0.15) is 0 Å². The lowest BCUT2D eigenvalue weighted by Crippen LogP contribution is -2.52. The number of hydrogen-bond donors (Lipinski definition) is 1. The fourth-order valence-corrected chi connectivity index (χ4v) is 3.24. The van der Waals surface area contributed by atoms with Gasteiger partial charge in [0.05, 0.1) is 20.8 Å². The quantitative estimate of drug-likeness (QED) is 0.406. The van der Waals surface area contributed by atoms with Crippen molar-refractivity contribution in [2.24, 2.45) is 0 Å². The Morgan fingerprint density at radius 1 is 1.19 bits per heavy atom. The van der Waals surface area contributed by atoms with Gasteiger partial charge in [0.25, 0.3) is 0 Å². The molecular weight excluding hydrogens is 346 g/mol. The number of carbonyl (C=O) groups is 2. The molecule has 1 aliphatic rings. The zero-order valence-corrected chi connectivity index (χ0v) is 16.4. The van der Waals surface area contributed by atoms with Gasteiger partial charge in [-0.15, -0.1) is 0 Å². The molecule has 1 amide bonds. The summed E-state index contributed by atoms with van der Waals surface area (Å²) in [5, 5.41) is 2.83. The van der Waals surface area contributed by atoms with E-state index in [1.807, 2.05) is 18.2 Å². The largest absolute Gasteiger partial charge is 0.493 e. The van der Waals surface area contributed by atoms with Gasteiger partial charge in [0.2, 0.25) is 5.91 Å². The van der Waals surface area contributed by atoms with Crippen molar-refractivity contribution in [3.8, 4) is 11.5 Å². The molecule has 0 atom stereocenters. The van der Waals surface area contributed by atoms with E-state index in [4.69, 9.17) is 14.2 Å². The van der Waals surface area contributed by atoms with E-state index in [1.165, 1.54) is 13.2 Å². The molecule has 0 aromatic heterocycles. The molecule has 6 nitrogen and oxygen atoms in total. The highest BCUT2D eigenvalue weighted by atomic mass is 16.5. The molecule has 0 saturated heterocycles. The third-order valence-corrected chi connectivity index (χ3v) is 4.77. The van der Waals surface area contributed by atoms with Crippen LogP contribution in [0.3, 0.4) is 0 Å². The molecule has 1 N–H and O–H groups in total. The number of esters is 1. The maximum absolute atomic E-state index is 12.3. The van der Waals surface area contributed by atoms with Gasteiger partial charge in [0, 0.05) is 6.08 Å². The molecule has 1 aromatic rings. The highest BCUT2D eigenvalue weighted by Gasteiger charge is 2.43. The smallest absolute Gasteiger partial charge is 0.331 e. The molecule has 0 bridgehead atoms. The minimum atomic E-state index is -0.898. The normalized spacial score (nSPS) is 15.5. The molecule has 1 saturated carbocycles. The summed E-state index contributed by atoms with van der Waals surface area (Å²) in [4.78, 5) is 24.4. The van der Waals surface area contributed by atoms with Gasteiger partial charge < -0.3 is 19.5 Å². The van der Waals surface area contributed by atoms with Crippen LogP contribution in [0.15, 0.2) is 24.3 Å². The molecule has 148 valence electrons. The molecule has 6 heteroatoms. The number of rotatable bonds is 9.